The largest absolute Gasteiger partial charge is 0.339 e. The van der Waals surface area contributed by atoms with Gasteiger partial charge in [0.25, 0.3) is 0 Å². The quantitative estimate of drug-likeness (QED) is 0.581. The van der Waals surface area contributed by atoms with Crippen LogP contribution in [0.5, 0.6) is 0 Å². The molecule has 1 fully saturated rings. The van der Waals surface area contributed by atoms with Gasteiger partial charge in [-0.25, -0.2) is 0 Å². The second-order valence-corrected chi connectivity index (χ2v) is 7.84. The van der Waals surface area contributed by atoms with Crippen molar-refractivity contribution in [2.75, 3.05) is 17.7 Å². The number of hydrogen-bond acceptors (Lipinski definition) is 5. The third kappa shape index (κ3) is 3.59. The number of rotatable bonds is 4. The van der Waals surface area contributed by atoms with Gasteiger partial charge in [-0.3, -0.25) is 4.79 Å². The summed E-state index contributed by atoms with van der Waals surface area (Å²) in [6, 6.07) is 13.6. The van der Waals surface area contributed by atoms with Gasteiger partial charge in [0.1, 0.15) is 0 Å². The van der Waals surface area contributed by atoms with Crippen LogP contribution >= 0.6 is 23.4 Å². The molecule has 1 aliphatic heterocycles. The van der Waals surface area contributed by atoms with E-state index < -0.39 is 0 Å². The lowest BCUT2D eigenvalue weighted by Gasteiger charge is -2.18. The summed E-state index contributed by atoms with van der Waals surface area (Å²) in [5.74, 6) is 0.953. The number of nitrogens with zero attached hydrogens (tertiary/aromatic N) is 3. The van der Waals surface area contributed by atoms with Crippen LogP contribution in [-0.4, -0.2) is 28.8 Å². The van der Waals surface area contributed by atoms with E-state index in [1.165, 1.54) is 4.90 Å². The van der Waals surface area contributed by atoms with Crippen molar-refractivity contribution in [2.24, 2.45) is 0 Å². The third-order valence-corrected chi connectivity index (χ3v) is 5.70. The molecular formula is C20H18ClN3O2S. The molecule has 1 saturated heterocycles. The number of carbonyl (C=O) groups is 1. The van der Waals surface area contributed by atoms with Crippen molar-refractivity contribution in [2.45, 2.75) is 24.2 Å². The molecule has 1 atom stereocenters. The van der Waals surface area contributed by atoms with E-state index >= 15 is 0 Å². The summed E-state index contributed by atoms with van der Waals surface area (Å²) in [4.78, 5) is 20.0. The van der Waals surface area contributed by atoms with Crippen molar-refractivity contribution in [1.29, 1.82) is 0 Å². The topological polar surface area (TPSA) is 59.2 Å². The highest BCUT2D eigenvalue weighted by Gasteiger charge is 2.35. The van der Waals surface area contributed by atoms with Crippen molar-refractivity contribution in [1.82, 2.24) is 10.1 Å². The van der Waals surface area contributed by atoms with Crippen molar-refractivity contribution in [3.8, 4) is 11.4 Å². The SMILES string of the molecule is CSc1ccc(-c2noc(C3CC(=O)N(c4cc(Cl)ccc4C)C3)n2)cc1. The number of halogens is 1. The predicted molar refractivity (Wildman–Crippen MR) is 107 cm³/mol. The highest BCUT2D eigenvalue weighted by molar-refractivity contribution is 7.98. The second-order valence-electron chi connectivity index (χ2n) is 6.52. The van der Waals surface area contributed by atoms with Crippen molar-refractivity contribution >= 4 is 35.0 Å². The predicted octanol–water partition coefficient (Wildman–Crippen LogP) is 4.94. The van der Waals surface area contributed by atoms with Gasteiger partial charge in [0, 0.05) is 34.1 Å². The molecule has 0 aliphatic carbocycles. The van der Waals surface area contributed by atoms with Crippen molar-refractivity contribution in [3.63, 3.8) is 0 Å². The van der Waals surface area contributed by atoms with Crippen LogP contribution in [0.25, 0.3) is 11.4 Å². The fourth-order valence-corrected chi connectivity index (χ4v) is 3.81. The molecular weight excluding hydrogens is 382 g/mol. The molecule has 1 aliphatic rings. The summed E-state index contributed by atoms with van der Waals surface area (Å²) in [5, 5.41) is 4.71. The standard InChI is InChI=1S/C20H18ClN3O2S/c1-12-3-6-15(21)10-17(12)24-11-14(9-18(24)25)20-22-19(23-26-20)13-4-7-16(27-2)8-5-13/h3-8,10,14H,9,11H2,1-2H3. The number of carbonyl (C=O) groups excluding carboxylic acids is 1. The van der Waals surface area contributed by atoms with E-state index in [1.54, 1.807) is 16.7 Å². The van der Waals surface area contributed by atoms with E-state index in [4.69, 9.17) is 16.1 Å². The second kappa shape index (κ2) is 7.37. The summed E-state index contributed by atoms with van der Waals surface area (Å²) in [7, 11) is 0. The van der Waals surface area contributed by atoms with Crippen LogP contribution in [0.15, 0.2) is 51.9 Å². The number of thioether (sulfide) groups is 1. The van der Waals surface area contributed by atoms with Gasteiger partial charge >= 0.3 is 0 Å². The molecule has 0 spiro atoms. The maximum Gasteiger partial charge on any atom is 0.232 e. The molecule has 0 N–H and O–H groups in total. The molecule has 1 aromatic heterocycles. The number of benzene rings is 2. The Morgan fingerprint density at radius 1 is 1.22 bits per heavy atom. The normalized spacial score (nSPS) is 16.9. The minimum atomic E-state index is -0.123. The van der Waals surface area contributed by atoms with Crippen LogP contribution in [0.3, 0.4) is 0 Å². The molecule has 1 unspecified atom stereocenters. The molecule has 138 valence electrons. The first-order valence-electron chi connectivity index (χ1n) is 8.59. The molecule has 27 heavy (non-hydrogen) atoms. The fourth-order valence-electron chi connectivity index (χ4n) is 3.24. The van der Waals surface area contributed by atoms with Crippen LogP contribution in [0, 0.1) is 6.92 Å². The zero-order valence-corrected chi connectivity index (χ0v) is 16.5. The summed E-state index contributed by atoms with van der Waals surface area (Å²) in [5.41, 5.74) is 2.74. The Morgan fingerprint density at radius 3 is 2.74 bits per heavy atom. The van der Waals surface area contributed by atoms with Gasteiger partial charge in [0.15, 0.2) is 0 Å². The van der Waals surface area contributed by atoms with Gasteiger partial charge in [-0.15, -0.1) is 11.8 Å². The Labute approximate surface area is 166 Å². The van der Waals surface area contributed by atoms with Gasteiger partial charge in [-0.1, -0.05) is 22.8 Å². The van der Waals surface area contributed by atoms with Crippen LogP contribution in [0.4, 0.5) is 5.69 Å². The first-order valence-corrected chi connectivity index (χ1v) is 10.2. The van der Waals surface area contributed by atoms with Crippen LogP contribution < -0.4 is 4.90 Å². The molecule has 0 bridgehead atoms. The fraction of sp³-hybridized carbons (Fsp3) is 0.250. The van der Waals surface area contributed by atoms with Gasteiger partial charge in [-0.05, 0) is 55.1 Å². The maximum atomic E-state index is 12.6. The Kier molecular flexibility index (Phi) is 4.93. The minimum absolute atomic E-state index is 0.0365. The van der Waals surface area contributed by atoms with E-state index in [1.807, 2.05) is 55.6 Å². The van der Waals surface area contributed by atoms with Crippen molar-refractivity contribution in [3.05, 3.63) is 58.9 Å². The zero-order chi connectivity index (χ0) is 19.0. The smallest absolute Gasteiger partial charge is 0.232 e. The minimum Gasteiger partial charge on any atom is -0.339 e. The van der Waals surface area contributed by atoms with Gasteiger partial charge < -0.3 is 9.42 Å². The molecule has 2 aromatic carbocycles. The maximum absolute atomic E-state index is 12.6. The first kappa shape index (κ1) is 18.1. The van der Waals surface area contributed by atoms with Gasteiger partial charge in [0.2, 0.25) is 17.6 Å². The molecule has 0 saturated carbocycles. The van der Waals surface area contributed by atoms with E-state index in [0.29, 0.717) is 29.7 Å². The highest BCUT2D eigenvalue weighted by atomic mass is 35.5. The van der Waals surface area contributed by atoms with Gasteiger partial charge in [-0.2, -0.15) is 4.98 Å². The van der Waals surface area contributed by atoms with E-state index in [0.717, 1.165) is 16.8 Å². The number of aromatic nitrogens is 2. The highest BCUT2D eigenvalue weighted by Crippen LogP contribution is 2.34. The van der Waals surface area contributed by atoms with E-state index in [2.05, 4.69) is 10.1 Å². The molecule has 7 heteroatoms. The van der Waals surface area contributed by atoms with Crippen LogP contribution in [0.2, 0.25) is 5.02 Å². The Hall–Kier alpha value is -2.31. The zero-order valence-electron chi connectivity index (χ0n) is 15.0. The van der Waals surface area contributed by atoms with E-state index in [-0.39, 0.29) is 11.8 Å². The third-order valence-electron chi connectivity index (χ3n) is 4.73. The average Bonchev–Trinajstić information content (AvgIpc) is 3.31. The Balaban J connectivity index is 1.56. The lowest BCUT2D eigenvalue weighted by Crippen LogP contribution is -2.25. The lowest BCUT2D eigenvalue weighted by molar-refractivity contribution is -0.117. The van der Waals surface area contributed by atoms with Crippen molar-refractivity contribution < 1.29 is 9.32 Å². The summed E-state index contributed by atoms with van der Waals surface area (Å²) in [6.45, 7) is 2.47. The lowest BCUT2D eigenvalue weighted by atomic mass is 10.1. The van der Waals surface area contributed by atoms with Crippen LogP contribution in [-0.2, 0) is 4.79 Å². The molecule has 2 heterocycles. The summed E-state index contributed by atoms with van der Waals surface area (Å²) in [6.07, 6.45) is 2.38. The molecule has 3 aromatic rings. The summed E-state index contributed by atoms with van der Waals surface area (Å²) >= 11 is 7.79. The van der Waals surface area contributed by atoms with Crippen LogP contribution in [0.1, 0.15) is 23.8 Å². The number of aryl methyl sites for hydroxylation is 1. The molecule has 1 amide bonds. The summed E-state index contributed by atoms with van der Waals surface area (Å²) < 4.78 is 5.47. The Bertz CT molecular complexity index is 987. The molecule has 4 rings (SSSR count). The number of amides is 1. The number of hydrogen-bond donors (Lipinski definition) is 0. The average molecular weight is 400 g/mol. The molecule has 5 nitrogen and oxygen atoms in total. The number of anilines is 1. The Morgan fingerprint density at radius 2 is 2.00 bits per heavy atom. The monoisotopic (exact) mass is 399 g/mol. The van der Waals surface area contributed by atoms with E-state index in [9.17, 15) is 4.79 Å². The molecule has 0 radical (unpaired) electrons. The van der Waals surface area contributed by atoms with Gasteiger partial charge in [0.05, 0.1) is 5.92 Å². The first-order chi connectivity index (χ1) is 13.0.